The maximum absolute atomic E-state index is 11.5. The van der Waals surface area contributed by atoms with Crippen LogP contribution in [0.15, 0.2) is 126 Å². The van der Waals surface area contributed by atoms with Crippen molar-refractivity contribution in [2.24, 2.45) is 17.8 Å². The van der Waals surface area contributed by atoms with Gasteiger partial charge in [0.2, 0.25) is 0 Å². The smallest absolute Gasteiger partial charge is 0.180 e. The molecule has 0 spiro atoms. The normalized spacial score (nSPS) is 9.60. The van der Waals surface area contributed by atoms with Gasteiger partial charge in [0.15, 0.2) is 9.84 Å². The Balaban J connectivity index is -0.000000297. The van der Waals surface area contributed by atoms with Gasteiger partial charge in [0.1, 0.15) is 11.6 Å². The molecule has 0 saturated carbocycles. The van der Waals surface area contributed by atoms with E-state index in [0.717, 1.165) is 17.9 Å². The fourth-order valence-corrected chi connectivity index (χ4v) is 5.25. The third-order valence-electron chi connectivity index (χ3n) is 7.19. The lowest BCUT2D eigenvalue weighted by molar-refractivity contribution is -0.122. The Bertz CT molecular complexity index is 1500. The van der Waals surface area contributed by atoms with Gasteiger partial charge in [0, 0.05) is 24.7 Å². The summed E-state index contributed by atoms with van der Waals surface area (Å²) in [5, 5.41) is -0.347. The van der Waals surface area contributed by atoms with Crippen molar-refractivity contribution in [1.29, 1.82) is 0 Å². The number of benzene rings is 4. The van der Waals surface area contributed by atoms with Gasteiger partial charge in [-0.2, -0.15) is 0 Å². The van der Waals surface area contributed by atoms with Gasteiger partial charge >= 0.3 is 0 Å². The Kier molecular flexibility index (Phi) is 40.5. The molecular formula is C50H80O4S. The number of sulfone groups is 1. The minimum absolute atomic E-state index is 0.144. The average Bonchev–Trinajstić information content (AvgIpc) is 3.22. The number of aryl methyl sites for hydroxylation is 1. The van der Waals surface area contributed by atoms with Crippen LogP contribution in [0.3, 0.4) is 0 Å². The molecule has 0 amide bonds. The van der Waals surface area contributed by atoms with Crippen LogP contribution in [-0.4, -0.2) is 25.2 Å². The highest BCUT2D eigenvalue weighted by atomic mass is 32.2. The number of Topliss-reactive ketones (excluding diaryl/α,β-unsaturated/α-hetero) is 2. The van der Waals surface area contributed by atoms with Crippen LogP contribution in [0.4, 0.5) is 0 Å². The van der Waals surface area contributed by atoms with Crippen molar-refractivity contribution in [3.05, 3.63) is 138 Å². The molecular weight excluding hydrogens is 697 g/mol. The molecule has 4 nitrogen and oxygen atoms in total. The summed E-state index contributed by atoms with van der Waals surface area (Å²) in [7, 11) is -3.08. The molecule has 4 rings (SSSR count). The topological polar surface area (TPSA) is 68.3 Å². The lowest BCUT2D eigenvalue weighted by atomic mass is 10.0. The van der Waals surface area contributed by atoms with Crippen molar-refractivity contribution in [3.8, 4) is 0 Å². The summed E-state index contributed by atoms with van der Waals surface area (Å²) in [6, 6.07) is 39.1. The minimum Gasteiger partial charge on any atom is -0.299 e. The van der Waals surface area contributed by atoms with Crippen LogP contribution in [0.2, 0.25) is 0 Å². The van der Waals surface area contributed by atoms with Gasteiger partial charge in [0.25, 0.3) is 0 Å². The molecule has 5 heteroatoms. The van der Waals surface area contributed by atoms with Crippen LogP contribution in [0.5, 0.6) is 0 Å². The van der Waals surface area contributed by atoms with E-state index >= 15 is 0 Å². The first-order chi connectivity index (χ1) is 26.2. The predicted molar refractivity (Wildman–Crippen MR) is 244 cm³/mol. The zero-order chi connectivity index (χ0) is 43.2. The second kappa shape index (κ2) is 38.4. The van der Waals surface area contributed by atoms with Crippen molar-refractivity contribution in [2.75, 3.05) is 0 Å². The Morgan fingerprint density at radius 1 is 0.455 bits per heavy atom. The molecule has 0 aliphatic heterocycles. The van der Waals surface area contributed by atoms with Crippen molar-refractivity contribution in [1.82, 2.24) is 0 Å². The first kappa shape index (κ1) is 57.9. The standard InChI is InChI=1S/C12H16O.C11H14O.C10H14.C9H12O2S.4C2H6/c1-10(2)12(13)9-8-11-6-4-3-5-7-11;1-9(2)11(12)8-10-6-4-3-5-7-10;1-9(2)8-10-6-4-3-5-7-10;1-8(2)12(10,11)9-6-4-3-5-7-9;4*1-2/h3-7,10H,8-9H2,1-2H3;3-7,9H,8H2,1-2H3;3-7,9H,8H2,1-2H3;3-8H,1-2H3;4*1-2H3. The van der Waals surface area contributed by atoms with Crippen molar-refractivity contribution in [2.45, 2.75) is 147 Å². The molecule has 55 heavy (non-hydrogen) atoms. The number of hydrogen-bond acceptors (Lipinski definition) is 4. The van der Waals surface area contributed by atoms with Crippen LogP contribution in [0.25, 0.3) is 0 Å². The Morgan fingerprint density at radius 3 is 1.11 bits per heavy atom. The summed E-state index contributed by atoms with van der Waals surface area (Å²) < 4.78 is 23.1. The van der Waals surface area contributed by atoms with E-state index in [9.17, 15) is 18.0 Å². The molecule has 0 aliphatic rings. The molecule has 4 aromatic carbocycles. The summed E-state index contributed by atoms with van der Waals surface area (Å²) in [4.78, 5) is 23.0. The van der Waals surface area contributed by atoms with Crippen LogP contribution < -0.4 is 0 Å². The van der Waals surface area contributed by atoms with E-state index < -0.39 is 9.84 Å². The van der Waals surface area contributed by atoms with Gasteiger partial charge in [-0.1, -0.05) is 206 Å². The van der Waals surface area contributed by atoms with Gasteiger partial charge in [-0.15, -0.1) is 0 Å². The summed E-state index contributed by atoms with van der Waals surface area (Å²) in [5.41, 5.74) is 3.80. The van der Waals surface area contributed by atoms with Crippen LogP contribution >= 0.6 is 0 Å². The lowest BCUT2D eigenvalue weighted by Gasteiger charge is -2.06. The highest BCUT2D eigenvalue weighted by molar-refractivity contribution is 7.92. The number of carbonyl (C=O) groups excluding carboxylic acids is 2. The zero-order valence-corrected chi connectivity index (χ0v) is 38.5. The Morgan fingerprint density at radius 2 is 0.782 bits per heavy atom. The Labute approximate surface area is 340 Å². The number of carbonyl (C=O) groups is 2. The van der Waals surface area contributed by atoms with Crippen molar-refractivity contribution >= 4 is 21.4 Å². The molecule has 0 bridgehead atoms. The lowest BCUT2D eigenvalue weighted by Crippen LogP contribution is -2.13. The summed E-state index contributed by atoms with van der Waals surface area (Å²) in [6.07, 6.45) is 3.30. The maximum atomic E-state index is 11.5. The fraction of sp³-hybridized carbons (Fsp3) is 0.480. The van der Waals surface area contributed by atoms with Gasteiger partial charge in [-0.25, -0.2) is 8.42 Å². The number of rotatable bonds is 11. The molecule has 0 radical (unpaired) electrons. The third-order valence-corrected chi connectivity index (χ3v) is 9.36. The summed E-state index contributed by atoms with van der Waals surface area (Å²) in [5.74, 6) is 1.74. The molecule has 310 valence electrons. The van der Waals surface area contributed by atoms with E-state index in [-0.39, 0.29) is 17.1 Å². The van der Waals surface area contributed by atoms with E-state index in [1.165, 1.54) is 17.5 Å². The van der Waals surface area contributed by atoms with Gasteiger partial charge in [0.05, 0.1) is 10.1 Å². The largest absolute Gasteiger partial charge is 0.299 e. The first-order valence-corrected chi connectivity index (χ1v) is 22.2. The molecule has 0 saturated heterocycles. The van der Waals surface area contributed by atoms with Crippen molar-refractivity contribution in [3.63, 3.8) is 0 Å². The van der Waals surface area contributed by atoms with E-state index in [2.05, 4.69) is 56.3 Å². The first-order valence-electron chi connectivity index (χ1n) is 20.7. The molecule has 0 aliphatic carbocycles. The van der Waals surface area contributed by atoms with Gasteiger partial charge in [-0.05, 0) is 61.4 Å². The van der Waals surface area contributed by atoms with E-state index in [0.29, 0.717) is 29.3 Å². The quantitative estimate of drug-likeness (QED) is 0.152. The zero-order valence-electron chi connectivity index (χ0n) is 37.7. The highest BCUT2D eigenvalue weighted by Crippen LogP contribution is 2.14. The second-order valence-electron chi connectivity index (χ2n) is 12.9. The number of hydrogen-bond donors (Lipinski definition) is 0. The average molecular weight is 777 g/mol. The van der Waals surface area contributed by atoms with Crippen molar-refractivity contribution < 1.29 is 18.0 Å². The summed E-state index contributed by atoms with van der Waals surface area (Å²) in [6.45, 7) is 31.6. The van der Waals surface area contributed by atoms with Gasteiger partial charge in [-0.3, -0.25) is 9.59 Å². The highest BCUT2D eigenvalue weighted by Gasteiger charge is 2.17. The fourth-order valence-electron chi connectivity index (χ4n) is 4.17. The van der Waals surface area contributed by atoms with Gasteiger partial charge < -0.3 is 0 Å². The second-order valence-corrected chi connectivity index (χ2v) is 15.4. The van der Waals surface area contributed by atoms with E-state index in [1.54, 1.807) is 44.2 Å². The van der Waals surface area contributed by atoms with Crippen LogP contribution in [0.1, 0.15) is 134 Å². The molecule has 4 aromatic rings. The maximum Gasteiger partial charge on any atom is 0.180 e. The van der Waals surface area contributed by atoms with Crippen LogP contribution in [0, 0.1) is 17.8 Å². The third kappa shape index (κ3) is 31.1. The molecule has 0 atom stereocenters. The monoisotopic (exact) mass is 777 g/mol. The molecule has 0 heterocycles. The minimum atomic E-state index is -3.08. The SMILES string of the molecule is CC.CC.CC.CC.CC(C)C(=O)CCc1ccccc1.CC(C)C(=O)Cc1ccccc1.CC(C)Cc1ccccc1.CC(C)S(=O)(=O)c1ccccc1. The van der Waals surface area contributed by atoms with E-state index in [4.69, 9.17) is 0 Å². The summed E-state index contributed by atoms with van der Waals surface area (Å²) >= 11 is 0. The van der Waals surface area contributed by atoms with Crippen LogP contribution in [-0.2, 0) is 38.7 Å². The Hall–Kier alpha value is -3.83. The molecule has 0 N–H and O–H groups in total. The molecule has 0 unspecified atom stereocenters. The molecule has 0 aromatic heterocycles. The van der Waals surface area contributed by atoms with E-state index in [1.807, 2.05) is 132 Å². The number of ketones is 2. The molecule has 0 fully saturated rings. The predicted octanol–water partition coefficient (Wildman–Crippen LogP) is 14.2.